The summed E-state index contributed by atoms with van der Waals surface area (Å²) in [5.41, 5.74) is 1.57. The van der Waals surface area contributed by atoms with Gasteiger partial charge in [0, 0.05) is 17.2 Å². The van der Waals surface area contributed by atoms with E-state index >= 15 is 0 Å². The van der Waals surface area contributed by atoms with Crippen molar-refractivity contribution in [3.05, 3.63) is 48.0 Å². The molecule has 2 aromatic rings. The minimum absolute atomic E-state index is 0.299. The summed E-state index contributed by atoms with van der Waals surface area (Å²) in [6.07, 6.45) is 0. The number of hydrogen-bond donors (Lipinski definition) is 0. The van der Waals surface area contributed by atoms with Crippen LogP contribution in [-0.2, 0) is 10.0 Å². The molecular weight excluding hydrogens is 318 g/mol. The van der Waals surface area contributed by atoms with E-state index < -0.39 is 10.0 Å². The number of aryl methyl sites for hydroxylation is 1. The van der Waals surface area contributed by atoms with Crippen LogP contribution < -0.4 is 9.04 Å². The Morgan fingerprint density at radius 2 is 1.95 bits per heavy atom. The van der Waals surface area contributed by atoms with E-state index in [1.807, 2.05) is 31.2 Å². The zero-order valence-electron chi connectivity index (χ0n) is 12.4. The molecule has 116 valence electrons. The summed E-state index contributed by atoms with van der Waals surface area (Å²) >= 11 is 1.69. The topological polar surface area (TPSA) is 46.6 Å². The molecule has 0 spiro atoms. The summed E-state index contributed by atoms with van der Waals surface area (Å²) in [5, 5.41) is 0. The van der Waals surface area contributed by atoms with Crippen LogP contribution in [0.5, 0.6) is 5.75 Å². The maximum absolute atomic E-state index is 13.0. The average Bonchev–Trinajstić information content (AvgIpc) is 2.54. The Bertz CT molecular complexity index is 803. The molecule has 0 bridgehead atoms. The second-order valence-electron chi connectivity index (χ2n) is 5.02. The molecule has 0 fully saturated rings. The van der Waals surface area contributed by atoms with Crippen molar-refractivity contribution in [2.24, 2.45) is 0 Å². The second-order valence-corrected chi connectivity index (χ2v) is 8.02. The molecule has 0 aromatic heterocycles. The van der Waals surface area contributed by atoms with Crippen LogP contribution in [0.4, 0.5) is 5.69 Å². The first-order valence-corrected chi connectivity index (χ1v) is 9.36. The lowest BCUT2D eigenvalue weighted by Crippen LogP contribution is -2.35. The highest BCUT2D eigenvalue weighted by atomic mass is 32.2. The standard InChI is InChI=1S/C16H17NO3S2/c1-12-11-13(7-8-15(12)20-2)22(18,19)17-9-10-21-16-6-4-3-5-14(16)17/h3-8,11H,9-10H2,1-2H3. The average molecular weight is 335 g/mol. The van der Waals surface area contributed by atoms with Crippen molar-refractivity contribution in [1.82, 2.24) is 0 Å². The van der Waals surface area contributed by atoms with Gasteiger partial charge in [0.2, 0.25) is 0 Å². The predicted octanol–water partition coefficient (Wildman–Crippen LogP) is 3.30. The summed E-state index contributed by atoms with van der Waals surface area (Å²) in [5.74, 6) is 1.44. The van der Waals surface area contributed by atoms with Gasteiger partial charge in [0.1, 0.15) is 5.75 Å². The van der Waals surface area contributed by atoms with E-state index in [4.69, 9.17) is 4.74 Å². The fourth-order valence-electron chi connectivity index (χ4n) is 2.53. The molecule has 0 aliphatic carbocycles. The van der Waals surface area contributed by atoms with Crippen LogP contribution in [0.25, 0.3) is 0 Å². The summed E-state index contributed by atoms with van der Waals surface area (Å²) < 4.78 is 32.7. The van der Waals surface area contributed by atoms with Gasteiger partial charge in [-0.05, 0) is 42.8 Å². The Balaban J connectivity index is 2.06. The van der Waals surface area contributed by atoms with Crippen LogP contribution in [0.15, 0.2) is 52.3 Å². The lowest BCUT2D eigenvalue weighted by molar-refractivity contribution is 0.411. The van der Waals surface area contributed by atoms with Gasteiger partial charge >= 0.3 is 0 Å². The molecule has 1 heterocycles. The van der Waals surface area contributed by atoms with Crippen LogP contribution in [-0.4, -0.2) is 27.8 Å². The molecular formula is C16H17NO3S2. The van der Waals surface area contributed by atoms with Crippen LogP contribution in [0, 0.1) is 6.92 Å². The number of hydrogen-bond acceptors (Lipinski definition) is 4. The van der Waals surface area contributed by atoms with Crippen molar-refractivity contribution in [1.29, 1.82) is 0 Å². The van der Waals surface area contributed by atoms with Gasteiger partial charge in [-0.25, -0.2) is 8.42 Å². The van der Waals surface area contributed by atoms with Gasteiger partial charge in [0.05, 0.1) is 17.7 Å². The van der Waals surface area contributed by atoms with Crippen molar-refractivity contribution in [2.45, 2.75) is 16.7 Å². The van der Waals surface area contributed by atoms with Crippen molar-refractivity contribution in [3.63, 3.8) is 0 Å². The number of fused-ring (bicyclic) bond motifs is 1. The van der Waals surface area contributed by atoms with E-state index in [1.165, 1.54) is 4.31 Å². The minimum Gasteiger partial charge on any atom is -0.496 e. The third-order valence-corrected chi connectivity index (χ3v) is 6.49. The maximum Gasteiger partial charge on any atom is 0.264 e. The third kappa shape index (κ3) is 2.57. The number of benzene rings is 2. The molecule has 1 aliphatic rings. The second kappa shape index (κ2) is 5.85. The Labute approximate surface area is 135 Å². The summed E-state index contributed by atoms with van der Waals surface area (Å²) in [7, 11) is -1.98. The normalized spacial score (nSPS) is 14.5. The number of sulfonamides is 1. The molecule has 0 unspecified atom stereocenters. The predicted molar refractivity (Wildman–Crippen MR) is 89.4 cm³/mol. The first-order chi connectivity index (χ1) is 10.5. The molecule has 1 aliphatic heterocycles. The lowest BCUT2D eigenvalue weighted by Gasteiger charge is -2.30. The Morgan fingerprint density at radius 3 is 2.68 bits per heavy atom. The van der Waals surface area contributed by atoms with Crippen molar-refractivity contribution in [3.8, 4) is 5.75 Å². The smallest absolute Gasteiger partial charge is 0.264 e. The van der Waals surface area contributed by atoms with Gasteiger partial charge in [-0.1, -0.05) is 12.1 Å². The summed E-state index contributed by atoms with van der Waals surface area (Å²) in [4.78, 5) is 1.30. The molecule has 4 nitrogen and oxygen atoms in total. The number of anilines is 1. The fourth-order valence-corrected chi connectivity index (χ4v) is 5.27. The van der Waals surface area contributed by atoms with Crippen molar-refractivity contribution < 1.29 is 13.2 Å². The number of thioether (sulfide) groups is 1. The number of methoxy groups -OCH3 is 1. The molecule has 3 rings (SSSR count). The number of ether oxygens (including phenoxy) is 1. The Morgan fingerprint density at radius 1 is 1.18 bits per heavy atom. The zero-order valence-corrected chi connectivity index (χ0v) is 14.1. The van der Waals surface area contributed by atoms with Gasteiger partial charge < -0.3 is 4.74 Å². The Kier molecular flexibility index (Phi) is 4.06. The lowest BCUT2D eigenvalue weighted by atomic mass is 10.2. The largest absolute Gasteiger partial charge is 0.496 e. The molecule has 0 amide bonds. The van der Waals surface area contributed by atoms with Gasteiger partial charge in [0.25, 0.3) is 10.0 Å². The van der Waals surface area contributed by atoms with Gasteiger partial charge in [-0.15, -0.1) is 11.8 Å². The molecule has 0 atom stereocenters. The minimum atomic E-state index is -3.56. The van der Waals surface area contributed by atoms with Gasteiger partial charge in [-0.3, -0.25) is 4.31 Å². The van der Waals surface area contributed by atoms with Gasteiger partial charge in [0.15, 0.2) is 0 Å². The summed E-state index contributed by atoms with van der Waals surface area (Å²) in [6.45, 7) is 2.33. The maximum atomic E-state index is 13.0. The number of rotatable bonds is 3. The quantitative estimate of drug-likeness (QED) is 0.863. The number of nitrogens with zero attached hydrogens (tertiary/aromatic N) is 1. The van der Waals surface area contributed by atoms with Crippen molar-refractivity contribution in [2.75, 3.05) is 23.7 Å². The van der Waals surface area contributed by atoms with E-state index in [0.717, 1.165) is 21.9 Å². The van der Waals surface area contributed by atoms with Crippen molar-refractivity contribution >= 4 is 27.5 Å². The fraction of sp³-hybridized carbons (Fsp3) is 0.250. The summed E-state index contributed by atoms with van der Waals surface area (Å²) in [6, 6.07) is 12.6. The zero-order chi connectivity index (χ0) is 15.7. The van der Waals surface area contributed by atoms with Gasteiger partial charge in [-0.2, -0.15) is 0 Å². The highest BCUT2D eigenvalue weighted by Crippen LogP contribution is 2.37. The first-order valence-electron chi connectivity index (χ1n) is 6.93. The van der Waals surface area contributed by atoms with E-state index in [1.54, 1.807) is 37.1 Å². The number of para-hydroxylation sites is 1. The van der Waals surface area contributed by atoms with E-state index in [2.05, 4.69) is 0 Å². The monoisotopic (exact) mass is 335 g/mol. The molecule has 2 aromatic carbocycles. The van der Waals surface area contributed by atoms with E-state index in [9.17, 15) is 8.42 Å². The highest BCUT2D eigenvalue weighted by molar-refractivity contribution is 8.00. The van der Waals surface area contributed by atoms with Crippen LogP contribution >= 0.6 is 11.8 Å². The molecule has 6 heteroatoms. The van der Waals surface area contributed by atoms with Crippen LogP contribution in [0.1, 0.15) is 5.56 Å². The Hall–Kier alpha value is -1.66. The molecule has 0 N–H and O–H groups in total. The van der Waals surface area contributed by atoms with E-state index in [0.29, 0.717) is 17.2 Å². The van der Waals surface area contributed by atoms with Crippen LogP contribution in [0.2, 0.25) is 0 Å². The third-order valence-electron chi connectivity index (χ3n) is 3.64. The molecule has 0 saturated heterocycles. The SMILES string of the molecule is COc1ccc(S(=O)(=O)N2CCSc3ccccc32)cc1C. The van der Waals surface area contributed by atoms with Crippen LogP contribution in [0.3, 0.4) is 0 Å². The highest BCUT2D eigenvalue weighted by Gasteiger charge is 2.29. The molecule has 0 radical (unpaired) electrons. The first kappa shape index (κ1) is 15.2. The molecule has 22 heavy (non-hydrogen) atoms. The molecule has 0 saturated carbocycles. The van der Waals surface area contributed by atoms with E-state index in [-0.39, 0.29) is 0 Å².